The van der Waals surface area contributed by atoms with E-state index in [-0.39, 0.29) is 0 Å². The predicted molar refractivity (Wildman–Crippen MR) is 56.2 cm³/mol. The molecule has 0 atom stereocenters. The minimum Gasteiger partial charge on any atom is -0.481 e. The zero-order valence-corrected chi connectivity index (χ0v) is 8.91. The highest BCUT2D eigenvalue weighted by molar-refractivity contribution is 5.64. The summed E-state index contributed by atoms with van der Waals surface area (Å²) in [6, 6.07) is 1.70. The molecular weight excluding hydrogens is 208 g/mol. The molecule has 2 aromatic rings. The predicted octanol–water partition coefficient (Wildman–Crippen LogP) is 0.951. The van der Waals surface area contributed by atoms with Gasteiger partial charge >= 0.3 is 0 Å². The highest BCUT2D eigenvalue weighted by Crippen LogP contribution is 2.25. The van der Waals surface area contributed by atoms with Crippen LogP contribution in [0.2, 0.25) is 0 Å². The fraction of sp³-hybridized carbons (Fsp3) is 0.200. The van der Waals surface area contributed by atoms with Gasteiger partial charge in [-0.1, -0.05) is 0 Å². The molecule has 0 aliphatic carbocycles. The second-order valence-electron chi connectivity index (χ2n) is 2.89. The van der Waals surface area contributed by atoms with Crippen LogP contribution in [0.5, 0.6) is 11.8 Å². The summed E-state index contributed by atoms with van der Waals surface area (Å²) in [6.45, 7) is 0. The van der Waals surface area contributed by atoms with Gasteiger partial charge in [0.25, 0.3) is 0 Å². The van der Waals surface area contributed by atoms with E-state index < -0.39 is 0 Å². The van der Waals surface area contributed by atoms with Gasteiger partial charge in [0.2, 0.25) is 11.8 Å². The Bertz CT molecular complexity index is 490. The van der Waals surface area contributed by atoms with E-state index in [1.54, 1.807) is 26.5 Å². The van der Waals surface area contributed by atoms with Gasteiger partial charge in [-0.3, -0.25) is 0 Å². The van der Waals surface area contributed by atoms with Gasteiger partial charge in [0, 0.05) is 12.3 Å². The molecule has 0 spiro atoms. The first-order valence-corrected chi connectivity index (χ1v) is 4.55. The Balaban J connectivity index is 2.49. The summed E-state index contributed by atoms with van der Waals surface area (Å²) in [5.41, 5.74) is 1.36. The SMILES string of the molecule is COc1cc(-c2cncnc2OC)ncn1. The van der Waals surface area contributed by atoms with E-state index >= 15 is 0 Å². The van der Waals surface area contributed by atoms with Crippen LogP contribution in [0.15, 0.2) is 24.9 Å². The number of hydrogen-bond donors (Lipinski definition) is 0. The van der Waals surface area contributed by atoms with Crippen molar-refractivity contribution < 1.29 is 9.47 Å². The van der Waals surface area contributed by atoms with Crippen molar-refractivity contribution in [3.05, 3.63) is 24.9 Å². The van der Waals surface area contributed by atoms with Crippen LogP contribution >= 0.6 is 0 Å². The van der Waals surface area contributed by atoms with Gasteiger partial charge in [-0.15, -0.1) is 0 Å². The number of methoxy groups -OCH3 is 2. The maximum atomic E-state index is 5.12. The lowest BCUT2D eigenvalue weighted by molar-refractivity contribution is 0.395. The molecule has 0 bridgehead atoms. The summed E-state index contributed by atoms with van der Waals surface area (Å²) in [5, 5.41) is 0. The second-order valence-corrected chi connectivity index (χ2v) is 2.89. The summed E-state index contributed by atoms with van der Waals surface area (Å²) in [6.07, 6.45) is 4.47. The lowest BCUT2D eigenvalue weighted by atomic mass is 10.2. The third-order valence-corrected chi connectivity index (χ3v) is 2.00. The van der Waals surface area contributed by atoms with E-state index in [1.807, 2.05) is 0 Å². The van der Waals surface area contributed by atoms with Gasteiger partial charge in [0.05, 0.1) is 25.5 Å². The molecule has 0 amide bonds. The summed E-state index contributed by atoms with van der Waals surface area (Å²) in [5.74, 6) is 0.951. The molecule has 6 heteroatoms. The van der Waals surface area contributed by atoms with E-state index in [1.165, 1.54) is 12.7 Å². The molecule has 0 fully saturated rings. The Morgan fingerprint density at radius 1 is 1.00 bits per heavy atom. The van der Waals surface area contributed by atoms with Crippen LogP contribution in [0.1, 0.15) is 0 Å². The Kier molecular flexibility index (Phi) is 2.90. The zero-order valence-electron chi connectivity index (χ0n) is 8.91. The molecule has 2 rings (SSSR count). The van der Waals surface area contributed by atoms with Crippen LogP contribution in [0.4, 0.5) is 0 Å². The summed E-state index contributed by atoms with van der Waals surface area (Å²) < 4.78 is 10.1. The Morgan fingerprint density at radius 2 is 1.88 bits per heavy atom. The van der Waals surface area contributed by atoms with Gasteiger partial charge in [-0.25, -0.2) is 19.9 Å². The van der Waals surface area contributed by atoms with Crippen LogP contribution < -0.4 is 9.47 Å². The molecular formula is C10H10N4O2. The maximum absolute atomic E-state index is 5.12. The van der Waals surface area contributed by atoms with Crippen LogP contribution in [0, 0.1) is 0 Å². The van der Waals surface area contributed by atoms with Crippen molar-refractivity contribution in [2.24, 2.45) is 0 Å². The number of rotatable bonds is 3. The third-order valence-electron chi connectivity index (χ3n) is 2.00. The van der Waals surface area contributed by atoms with E-state index in [0.717, 1.165) is 0 Å². The van der Waals surface area contributed by atoms with Crippen molar-refractivity contribution >= 4 is 0 Å². The first kappa shape index (κ1) is 10.3. The number of ether oxygens (including phenoxy) is 2. The Morgan fingerprint density at radius 3 is 2.62 bits per heavy atom. The fourth-order valence-corrected chi connectivity index (χ4v) is 1.26. The van der Waals surface area contributed by atoms with E-state index in [2.05, 4.69) is 19.9 Å². The van der Waals surface area contributed by atoms with Crippen LogP contribution in [-0.4, -0.2) is 34.2 Å². The largest absolute Gasteiger partial charge is 0.481 e. The minimum atomic E-state index is 0.468. The Labute approximate surface area is 92.3 Å². The minimum absolute atomic E-state index is 0.468. The molecule has 2 heterocycles. The van der Waals surface area contributed by atoms with Crippen molar-refractivity contribution in [3.63, 3.8) is 0 Å². The van der Waals surface area contributed by atoms with E-state index in [0.29, 0.717) is 23.0 Å². The quantitative estimate of drug-likeness (QED) is 0.763. The third kappa shape index (κ3) is 1.90. The molecule has 16 heavy (non-hydrogen) atoms. The molecule has 0 saturated carbocycles. The highest BCUT2D eigenvalue weighted by Gasteiger charge is 2.09. The fourth-order valence-electron chi connectivity index (χ4n) is 1.26. The average Bonchev–Trinajstić information content (AvgIpc) is 2.38. The monoisotopic (exact) mass is 218 g/mol. The molecule has 0 unspecified atom stereocenters. The Hall–Kier alpha value is -2.24. The number of hydrogen-bond acceptors (Lipinski definition) is 6. The smallest absolute Gasteiger partial charge is 0.225 e. The van der Waals surface area contributed by atoms with Crippen LogP contribution in [0.25, 0.3) is 11.3 Å². The van der Waals surface area contributed by atoms with Crippen molar-refractivity contribution in [2.75, 3.05) is 14.2 Å². The molecule has 2 aromatic heterocycles. The normalized spacial score (nSPS) is 9.88. The van der Waals surface area contributed by atoms with Crippen molar-refractivity contribution in [1.82, 2.24) is 19.9 Å². The zero-order chi connectivity index (χ0) is 11.4. The number of aromatic nitrogens is 4. The lowest BCUT2D eigenvalue weighted by Gasteiger charge is -2.05. The first-order valence-electron chi connectivity index (χ1n) is 4.55. The molecule has 6 nitrogen and oxygen atoms in total. The maximum Gasteiger partial charge on any atom is 0.225 e. The molecule has 0 aromatic carbocycles. The van der Waals surface area contributed by atoms with Crippen molar-refractivity contribution in [2.45, 2.75) is 0 Å². The first-order chi connectivity index (χ1) is 7.85. The van der Waals surface area contributed by atoms with Crippen molar-refractivity contribution in [1.29, 1.82) is 0 Å². The van der Waals surface area contributed by atoms with Crippen molar-refractivity contribution in [3.8, 4) is 23.0 Å². The number of nitrogens with zero attached hydrogens (tertiary/aromatic N) is 4. The molecule has 0 aliphatic rings. The standard InChI is InChI=1S/C10H10N4O2/c1-15-9-3-8(12-6-13-9)7-4-11-5-14-10(7)16-2/h3-6H,1-2H3. The van der Waals surface area contributed by atoms with Gasteiger partial charge in [0.1, 0.15) is 12.7 Å². The van der Waals surface area contributed by atoms with E-state index in [4.69, 9.17) is 9.47 Å². The van der Waals surface area contributed by atoms with E-state index in [9.17, 15) is 0 Å². The topological polar surface area (TPSA) is 70.0 Å². The van der Waals surface area contributed by atoms with Gasteiger partial charge < -0.3 is 9.47 Å². The second kappa shape index (κ2) is 4.52. The van der Waals surface area contributed by atoms with Crippen LogP contribution in [0.3, 0.4) is 0 Å². The lowest BCUT2D eigenvalue weighted by Crippen LogP contribution is -1.95. The highest BCUT2D eigenvalue weighted by atomic mass is 16.5. The summed E-state index contributed by atoms with van der Waals surface area (Å²) in [7, 11) is 3.09. The van der Waals surface area contributed by atoms with Gasteiger partial charge in [-0.05, 0) is 0 Å². The molecule has 0 saturated heterocycles. The summed E-state index contributed by atoms with van der Waals surface area (Å²) in [4.78, 5) is 16.0. The molecule has 82 valence electrons. The molecule has 0 radical (unpaired) electrons. The van der Waals surface area contributed by atoms with Gasteiger partial charge in [-0.2, -0.15) is 0 Å². The molecule has 0 N–H and O–H groups in total. The van der Waals surface area contributed by atoms with Crippen LogP contribution in [-0.2, 0) is 0 Å². The van der Waals surface area contributed by atoms with Gasteiger partial charge in [0.15, 0.2) is 0 Å². The average molecular weight is 218 g/mol. The summed E-state index contributed by atoms with van der Waals surface area (Å²) >= 11 is 0. The molecule has 0 aliphatic heterocycles.